The first-order valence-corrected chi connectivity index (χ1v) is 9.57. The van der Waals surface area contributed by atoms with Crippen LogP contribution in [0, 0.1) is 5.92 Å². The number of carbonyl (C=O) groups is 1. The van der Waals surface area contributed by atoms with Gasteiger partial charge in [-0.15, -0.1) is 0 Å². The van der Waals surface area contributed by atoms with Crippen molar-refractivity contribution >= 4 is 30.2 Å². The summed E-state index contributed by atoms with van der Waals surface area (Å²) in [6.07, 6.45) is -0.779. The molecular formula is C11H16ClNO4Se. The Morgan fingerprint density at radius 3 is 2.61 bits per heavy atom. The van der Waals surface area contributed by atoms with Crippen LogP contribution in [0.15, 0.2) is 10.5 Å². The summed E-state index contributed by atoms with van der Waals surface area (Å²) < 4.78 is 23.0. The van der Waals surface area contributed by atoms with Gasteiger partial charge in [0.1, 0.15) is 0 Å². The van der Waals surface area contributed by atoms with Gasteiger partial charge in [-0.3, -0.25) is 0 Å². The number of alkyl halides is 1. The van der Waals surface area contributed by atoms with E-state index in [1.54, 1.807) is 13.8 Å². The van der Waals surface area contributed by atoms with Gasteiger partial charge in [-0.25, -0.2) is 0 Å². The number of aliphatic hydroxyl groups excluding tert-OH is 1. The van der Waals surface area contributed by atoms with Crippen molar-refractivity contribution in [2.45, 2.75) is 36.7 Å². The zero-order valence-corrected chi connectivity index (χ0v) is 12.7. The number of hydrogen-bond acceptors (Lipinski definition) is 4. The Hall–Kier alpha value is -0.421. The summed E-state index contributed by atoms with van der Waals surface area (Å²) in [5.41, 5.74) is 0.606. The van der Waals surface area contributed by atoms with E-state index < -0.39 is 35.1 Å². The summed E-state index contributed by atoms with van der Waals surface area (Å²) in [6.45, 7) is 3.41. The molecule has 0 aromatic carbocycles. The fourth-order valence-corrected chi connectivity index (χ4v) is 7.78. The van der Waals surface area contributed by atoms with Gasteiger partial charge in [0.05, 0.1) is 0 Å². The van der Waals surface area contributed by atoms with Crippen LogP contribution < -0.4 is 5.32 Å². The van der Waals surface area contributed by atoms with Crippen molar-refractivity contribution in [2.75, 3.05) is 5.88 Å². The first kappa shape index (κ1) is 14.0. The maximum absolute atomic E-state index is 12.3. The molecule has 18 heavy (non-hydrogen) atoms. The Bertz CT molecular complexity index is 513. The van der Waals surface area contributed by atoms with Crippen LogP contribution in [0.2, 0.25) is 4.31 Å². The standard InChI is InChI=1S/C11H16ClNO4Se/c1-6(2)9(14)11-8(13-10(11)15)7(3-4-12)5-18(11,16)17/h5-6,8-9,14H,3-4H2,1-2H3,(H,13,15)/t8-,9-,11-/m0/s1. The number of carbonyl (C=O) groups excluding carboxylic acids is 1. The normalized spacial score (nSPS) is 34.6. The Morgan fingerprint density at radius 2 is 2.17 bits per heavy atom. The van der Waals surface area contributed by atoms with Gasteiger partial charge in [-0.1, -0.05) is 0 Å². The van der Waals surface area contributed by atoms with Crippen LogP contribution >= 0.6 is 11.6 Å². The first-order chi connectivity index (χ1) is 8.29. The fourth-order valence-electron chi connectivity index (χ4n) is 2.71. The molecule has 0 unspecified atom stereocenters. The molecule has 3 atom stereocenters. The van der Waals surface area contributed by atoms with E-state index in [4.69, 9.17) is 11.6 Å². The molecule has 1 amide bonds. The molecule has 2 aliphatic heterocycles. The molecule has 2 N–H and O–H groups in total. The second kappa shape index (κ2) is 4.30. The second-order valence-electron chi connectivity index (χ2n) is 5.07. The number of hydrogen-bond donors (Lipinski definition) is 2. The molecule has 0 aromatic heterocycles. The van der Waals surface area contributed by atoms with Crippen LogP contribution in [0.4, 0.5) is 0 Å². The average molecular weight is 341 g/mol. The summed E-state index contributed by atoms with van der Waals surface area (Å²) in [5, 5.41) is 12.8. The molecule has 0 aliphatic carbocycles. The molecular weight excluding hydrogens is 325 g/mol. The summed E-state index contributed by atoms with van der Waals surface area (Å²) in [6, 6.07) is -0.601. The second-order valence-corrected chi connectivity index (χ2v) is 9.64. The Labute approximate surface area is 112 Å². The zero-order valence-electron chi connectivity index (χ0n) is 10.2. The number of nitrogens with one attached hydrogen (secondary N) is 1. The molecule has 7 heteroatoms. The SMILES string of the molecule is CC(C)[C@H](O)[C@]12C(=O)N[C@H]1C(CCCl)=C[Se]2(=O)=O. The minimum absolute atomic E-state index is 0.291. The Balaban J connectivity index is 2.49. The van der Waals surface area contributed by atoms with Gasteiger partial charge in [0.2, 0.25) is 0 Å². The van der Waals surface area contributed by atoms with E-state index in [-0.39, 0.29) is 5.92 Å². The Kier molecular flexibility index (Phi) is 3.35. The molecule has 2 heterocycles. The number of aliphatic hydroxyl groups is 1. The molecule has 0 aromatic rings. The zero-order chi connectivity index (χ0) is 13.7. The molecule has 0 radical (unpaired) electrons. The Morgan fingerprint density at radius 1 is 1.56 bits per heavy atom. The van der Waals surface area contributed by atoms with E-state index in [0.29, 0.717) is 17.9 Å². The molecule has 1 saturated heterocycles. The van der Waals surface area contributed by atoms with Crippen LogP contribution in [0.25, 0.3) is 0 Å². The number of amides is 1. The molecule has 0 bridgehead atoms. The first-order valence-electron chi connectivity index (χ1n) is 5.79. The third kappa shape index (κ3) is 1.53. The monoisotopic (exact) mass is 341 g/mol. The van der Waals surface area contributed by atoms with Crippen molar-refractivity contribution in [3.63, 3.8) is 0 Å². The van der Waals surface area contributed by atoms with E-state index in [1.807, 2.05) is 0 Å². The number of rotatable bonds is 4. The fraction of sp³-hybridized carbons (Fsp3) is 0.727. The predicted molar refractivity (Wildman–Crippen MR) is 66.0 cm³/mol. The number of halogens is 1. The maximum atomic E-state index is 12.3. The van der Waals surface area contributed by atoms with Crippen molar-refractivity contribution in [1.29, 1.82) is 0 Å². The van der Waals surface area contributed by atoms with E-state index in [2.05, 4.69) is 5.32 Å². The van der Waals surface area contributed by atoms with Crippen LogP contribution in [-0.2, 0) is 12.5 Å². The van der Waals surface area contributed by atoms with E-state index in [0.717, 1.165) is 0 Å². The van der Waals surface area contributed by atoms with Gasteiger partial charge < -0.3 is 0 Å². The van der Waals surface area contributed by atoms with Gasteiger partial charge in [0, 0.05) is 0 Å². The van der Waals surface area contributed by atoms with Crippen molar-refractivity contribution in [2.24, 2.45) is 5.92 Å². The third-order valence-electron chi connectivity index (χ3n) is 3.66. The third-order valence-corrected chi connectivity index (χ3v) is 8.50. The minimum atomic E-state index is -4.64. The van der Waals surface area contributed by atoms with Crippen LogP contribution in [0.1, 0.15) is 20.3 Å². The molecule has 2 rings (SSSR count). The topological polar surface area (TPSA) is 83.5 Å². The van der Waals surface area contributed by atoms with Gasteiger partial charge >= 0.3 is 112 Å². The number of fused-ring (bicyclic) bond motifs is 1. The summed E-state index contributed by atoms with van der Waals surface area (Å²) in [4.78, 5) is 13.0. The summed E-state index contributed by atoms with van der Waals surface area (Å²) in [7, 11) is 0. The van der Waals surface area contributed by atoms with Crippen molar-refractivity contribution in [1.82, 2.24) is 5.32 Å². The van der Waals surface area contributed by atoms with E-state index >= 15 is 0 Å². The molecule has 1 fully saturated rings. The molecule has 0 spiro atoms. The number of β-lactam (4-membered cyclic amide) rings is 1. The van der Waals surface area contributed by atoms with Crippen molar-refractivity contribution < 1.29 is 17.6 Å². The van der Waals surface area contributed by atoms with Gasteiger partial charge in [0.15, 0.2) is 0 Å². The molecule has 0 saturated carbocycles. The molecule has 102 valence electrons. The van der Waals surface area contributed by atoms with E-state index in [1.165, 1.54) is 4.97 Å². The van der Waals surface area contributed by atoms with Crippen LogP contribution in [-0.4, -0.2) is 41.7 Å². The van der Waals surface area contributed by atoms with Crippen LogP contribution in [0.5, 0.6) is 0 Å². The predicted octanol–water partition coefficient (Wildman–Crippen LogP) is 0.653. The average Bonchev–Trinajstić information content (AvgIpc) is 2.41. The van der Waals surface area contributed by atoms with E-state index in [9.17, 15) is 17.6 Å². The van der Waals surface area contributed by atoms with Gasteiger partial charge in [-0.2, -0.15) is 0 Å². The van der Waals surface area contributed by atoms with Crippen LogP contribution in [0.3, 0.4) is 0 Å². The van der Waals surface area contributed by atoms with Crippen molar-refractivity contribution in [3.05, 3.63) is 10.5 Å². The van der Waals surface area contributed by atoms with Gasteiger partial charge in [-0.05, 0) is 0 Å². The summed E-state index contributed by atoms with van der Waals surface area (Å²) in [5.74, 6) is -0.597. The van der Waals surface area contributed by atoms with Gasteiger partial charge in [0.25, 0.3) is 0 Å². The molecule has 2 aliphatic rings. The molecule has 5 nitrogen and oxygen atoms in total. The van der Waals surface area contributed by atoms with Crippen molar-refractivity contribution in [3.8, 4) is 0 Å². The quantitative estimate of drug-likeness (QED) is 0.447. The summed E-state index contributed by atoms with van der Waals surface area (Å²) >= 11 is 0.989.